The lowest BCUT2D eigenvalue weighted by atomic mass is 9.95. The summed E-state index contributed by atoms with van der Waals surface area (Å²) in [6, 6.07) is 10.5. The van der Waals surface area contributed by atoms with Gasteiger partial charge in [0.2, 0.25) is 0 Å². The molecule has 120 valence electrons. The molecule has 2 aliphatic carbocycles. The van der Waals surface area contributed by atoms with Gasteiger partial charge in [-0.3, -0.25) is 0 Å². The Hall–Kier alpha value is -1.47. The molecule has 0 unspecified atom stereocenters. The Balaban J connectivity index is 1.65. The molecule has 2 saturated carbocycles. The highest BCUT2D eigenvalue weighted by Gasteiger charge is 2.49. The molecule has 1 saturated heterocycles. The molecule has 0 radical (unpaired) electrons. The number of nitriles is 1. The lowest BCUT2D eigenvalue weighted by Crippen LogP contribution is -2.50. The molecule has 1 aromatic rings. The molecule has 0 aromatic heterocycles. The van der Waals surface area contributed by atoms with Crippen LogP contribution in [-0.4, -0.2) is 27.4 Å². The van der Waals surface area contributed by atoms with E-state index < -0.39 is 0 Å². The van der Waals surface area contributed by atoms with Crippen molar-refractivity contribution < 1.29 is 0 Å². The van der Waals surface area contributed by atoms with Crippen molar-refractivity contribution in [2.24, 2.45) is 4.99 Å². The van der Waals surface area contributed by atoms with Crippen LogP contribution in [0.4, 0.5) is 5.69 Å². The Morgan fingerprint density at radius 1 is 1.09 bits per heavy atom. The van der Waals surface area contributed by atoms with Crippen LogP contribution in [0.3, 0.4) is 0 Å². The Kier molecular flexibility index (Phi) is 4.07. The third-order valence-corrected chi connectivity index (χ3v) is 6.86. The minimum atomic E-state index is 0.380. The van der Waals surface area contributed by atoms with Gasteiger partial charge in [0.15, 0.2) is 5.17 Å². The molecule has 1 aliphatic heterocycles. The quantitative estimate of drug-likeness (QED) is 0.780. The molecule has 0 amide bonds. The van der Waals surface area contributed by atoms with E-state index in [1.807, 2.05) is 36.0 Å². The highest BCUT2D eigenvalue weighted by atomic mass is 32.2. The van der Waals surface area contributed by atoms with Gasteiger partial charge in [0.25, 0.3) is 0 Å². The van der Waals surface area contributed by atoms with Crippen LogP contribution in [0.15, 0.2) is 29.3 Å². The van der Waals surface area contributed by atoms with Gasteiger partial charge in [-0.2, -0.15) is 5.26 Å². The van der Waals surface area contributed by atoms with E-state index in [0.717, 1.165) is 5.69 Å². The van der Waals surface area contributed by atoms with Crippen molar-refractivity contribution in [3.63, 3.8) is 0 Å². The van der Waals surface area contributed by atoms with Crippen LogP contribution >= 0.6 is 11.8 Å². The van der Waals surface area contributed by atoms with E-state index in [-0.39, 0.29) is 0 Å². The zero-order chi connectivity index (χ0) is 15.7. The number of thioether (sulfide) groups is 1. The number of hydrogen-bond acceptors (Lipinski definition) is 3. The second-order valence-corrected chi connectivity index (χ2v) is 8.02. The van der Waals surface area contributed by atoms with Gasteiger partial charge in [0, 0.05) is 11.8 Å². The first-order valence-electron chi connectivity index (χ1n) is 8.82. The topological polar surface area (TPSA) is 39.4 Å². The van der Waals surface area contributed by atoms with Crippen LogP contribution in [0.1, 0.15) is 56.9 Å². The van der Waals surface area contributed by atoms with Gasteiger partial charge in [0.05, 0.1) is 22.9 Å². The van der Waals surface area contributed by atoms with E-state index in [9.17, 15) is 0 Å². The molecular formula is C19H23N3S. The fourth-order valence-electron chi connectivity index (χ4n) is 4.47. The van der Waals surface area contributed by atoms with Gasteiger partial charge in [-0.25, -0.2) is 4.99 Å². The predicted molar refractivity (Wildman–Crippen MR) is 96.0 cm³/mol. The van der Waals surface area contributed by atoms with E-state index in [1.165, 1.54) is 62.3 Å². The number of amidine groups is 1. The van der Waals surface area contributed by atoms with Crippen molar-refractivity contribution in [2.75, 3.05) is 5.75 Å². The van der Waals surface area contributed by atoms with E-state index in [1.54, 1.807) is 0 Å². The molecule has 3 nitrogen and oxygen atoms in total. The van der Waals surface area contributed by atoms with Crippen molar-refractivity contribution in [3.8, 4) is 6.07 Å². The summed E-state index contributed by atoms with van der Waals surface area (Å²) in [7, 11) is 0. The monoisotopic (exact) mass is 325 g/mol. The van der Waals surface area contributed by atoms with Gasteiger partial charge < -0.3 is 4.90 Å². The van der Waals surface area contributed by atoms with Gasteiger partial charge in [-0.1, -0.05) is 37.4 Å². The van der Waals surface area contributed by atoms with Gasteiger partial charge in [-0.15, -0.1) is 0 Å². The molecular weight excluding hydrogens is 302 g/mol. The third-order valence-electron chi connectivity index (χ3n) is 5.63. The SMILES string of the molecule is N#Cc1ccc(/N=C2/SCC3(CCCC3)N2C2CCCC2)cc1. The Morgan fingerprint density at radius 3 is 2.43 bits per heavy atom. The summed E-state index contributed by atoms with van der Waals surface area (Å²) in [6.07, 6.45) is 10.8. The van der Waals surface area contributed by atoms with E-state index in [2.05, 4.69) is 11.0 Å². The summed E-state index contributed by atoms with van der Waals surface area (Å²) in [5.41, 5.74) is 2.06. The summed E-state index contributed by atoms with van der Waals surface area (Å²) in [4.78, 5) is 7.69. The largest absolute Gasteiger partial charge is 0.342 e. The fourth-order valence-corrected chi connectivity index (χ4v) is 5.95. The molecule has 3 fully saturated rings. The molecule has 1 aromatic carbocycles. The summed E-state index contributed by atoms with van der Waals surface area (Å²) >= 11 is 1.95. The van der Waals surface area contributed by atoms with Crippen molar-refractivity contribution in [2.45, 2.75) is 62.9 Å². The van der Waals surface area contributed by atoms with Gasteiger partial charge in [0.1, 0.15) is 0 Å². The van der Waals surface area contributed by atoms with Crippen molar-refractivity contribution >= 4 is 22.6 Å². The molecule has 0 N–H and O–H groups in total. The maximum absolute atomic E-state index is 8.94. The smallest absolute Gasteiger partial charge is 0.165 e. The first-order chi connectivity index (χ1) is 11.3. The highest BCUT2D eigenvalue weighted by Crippen LogP contribution is 2.48. The number of nitrogens with zero attached hydrogens (tertiary/aromatic N) is 3. The van der Waals surface area contributed by atoms with Crippen molar-refractivity contribution in [1.82, 2.24) is 4.90 Å². The Bertz CT molecular complexity index is 632. The predicted octanol–water partition coefficient (Wildman–Crippen LogP) is 4.85. The number of benzene rings is 1. The lowest BCUT2D eigenvalue weighted by molar-refractivity contribution is 0.163. The Morgan fingerprint density at radius 2 is 1.78 bits per heavy atom. The van der Waals surface area contributed by atoms with E-state index in [0.29, 0.717) is 17.1 Å². The fraction of sp³-hybridized carbons (Fsp3) is 0.579. The summed E-state index contributed by atoms with van der Waals surface area (Å²) < 4.78 is 0. The zero-order valence-corrected chi connectivity index (χ0v) is 14.3. The average Bonchev–Trinajstić information content (AvgIpc) is 3.32. The number of hydrogen-bond donors (Lipinski definition) is 0. The lowest BCUT2D eigenvalue weighted by Gasteiger charge is -2.40. The summed E-state index contributed by atoms with van der Waals surface area (Å²) in [5.74, 6) is 1.21. The summed E-state index contributed by atoms with van der Waals surface area (Å²) in [5, 5.41) is 10.2. The molecule has 1 heterocycles. The zero-order valence-electron chi connectivity index (χ0n) is 13.5. The standard InChI is InChI=1S/C19H23N3S/c20-13-15-7-9-16(10-8-15)21-18-22(17-5-1-2-6-17)19(14-23-18)11-3-4-12-19/h7-10,17H,1-6,11-12,14H2/b21-18+. The molecule has 0 bridgehead atoms. The summed E-state index contributed by atoms with van der Waals surface area (Å²) in [6.45, 7) is 0. The minimum absolute atomic E-state index is 0.380. The van der Waals surface area contributed by atoms with E-state index in [4.69, 9.17) is 10.3 Å². The van der Waals surface area contributed by atoms with Crippen LogP contribution in [-0.2, 0) is 0 Å². The number of rotatable bonds is 2. The minimum Gasteiger partial charge on any atom is -0.342 e. The van der Waals surface area contributed by atoms with Crippen LogP contribution < -0.4 is 0 Å². The first kappa shape index (κ1) is 15.1. The average molecular weight is 325 g/mol. The molecule has 23 heavy (non-hydrogen) atoms. The normalized spacial score (nSPS) is 25.5. The Labute approximate surface area is 142 Å². The molecule has 3 aliphatic rings. The van der Waals surface area contributed by atoms with Gasteiger partial charge >= 0.3 is 0 Å². The van der Waals surface area contributed by atoms with Crippen LogP contribution in [0.2, 0.25) is 0 Å². The highest BCUT2D eigenvalue weighted by molar-refractivity contribution is 8.14. The molecule has 0 atom stereocenters. The molecule has 4 rings (SSSR count). The van der Waals surface area contributed by atoms with Crippen LogP contribution in [0.5, 0.6) is 0 Å². The van der Waals surface area contributed by atoms with Crippen LogP contribution in [0.25, 0.3) is 0 Å². The van der Waals surface area contributed by atoms with Crippen molar-refractivity contribution in [1.29, 1.82) is 5.26 Å². The maximum atomic E-state index is 8.94. The van der Waals surface area contributed by atoms with E-state index >= 15 is 0 Å². The first-order valence-corrected chi connectivity index (χ1v) is 9.80. The second kappa shape index (κ2) is 6.20. The third kappa shape index (κ3) is 2.76. The van der Waals surface area contributed by atoms with Gasteiger partial charge in [-0.05, 0) is 49.9 Å². The van der Waals surface area contributed by atoms with Crippen molar-refractivity contribution in [3.05, 3.63) is 29.8 Å². The number of aliphatic imine (C=N–C) groups is 1. The second-order valence-electron chi connectivity index (χ2n) is 7.08. The molecule has 1 spiro atoms. The maximum Gasteiger partial charge on any atom is 0.165 e. The van der Waals surface area contributed by atoms with Crippen LogP contribution in [0, 0.1) is 11.3 Å². The molecule has 4 heteroatoms.